The van der Waals surface area contributed by atoms with Gasteiger partial charge in [-0.15, -0.1) is 0 Å². The zero-order valence-electron chi connectivity index (χ0n) is 56.1. The number of rotatable bonds is 64. The molecule has 9 nitrogen and oxygen atoms in total. The summed E-state index contributed by atoms with van der Waals surface area (Å²) in [5.74, 6) is -0.149. The van der Waals surface area contributed by atoms with Gasteiger partial charge in [-0.1, -0.05) is 349 Å². The summed E-state index contributed by atoms with van der Waals surface area (Å²) in [5, 5.41) is 55.0. The fraction of sp³-hybridized carbons (Fsp3) is 0.805. The van der Waals surface area contributed by atoms with E-state index < -0.39 is 49.5 Å². The van der Waals surface area contributed by atoms with Crippen LogP contribution in [0.15, 0.2) is 85.1 Å². The van der Waals surface area contributed by atoms with E-state index in [0.29, 0.717) is 12.8 Å². The molecule has 0 aliphatic carbocycles. The monoisotopic (exact) mass is 1210 g/mol. The van der Waals surface area contributed by atoms with E-state index in [0.717, 1.165) is 89.9 Å². The molecule has 0 aromatic rings. The lowest BCUT2D eigenvalue weighted by atomic mass is 9.99. The molecule has 86 heavy (non-hydrogen) atoms. The lowest BCUT2D eigenvalue weighted by Crippen LogP contribution is -2.60. The van der Waals surface area contributed by atoms with E-state index in [9.17, 15) is 30.3 Å². The van der Waals surface area contributed by atoms with Gasteiger partial charge >= 0.3 is 0 Å². The van der Waals surface area contributed by atoms with E-state index in [4.69, 9.17) is 9.47 Å². The predicted molar refractivity (Wildman–Crippen MR) is 368 cm³/mol. The number of aliphatic hydroxyl groups excluding tert-OH is 5. The van der Waals surface area contributed by atoms with E-state index in [1.165, 1.54) is 225 Å². The smallest absolute Gasteiger partial charge is 0.220 e. The van der Waals surface area contributed by atoms with Gasteiger partial charge in [0.2, 0.25) is 5.91 Å². The fourth-order valence-electron chi connectivity index (χ4n) is 11.6. The van der Waals surface area contributed by atoms with E-state index >= 15 is 0 Å². The van der Waals surface area contributed by atoms with Gasteiger partial charge in [0, 0.05) is 6.42 Å². The van der Waals surface area contributed by atoms with Crippen LogP contribution in [-0.4, -0.2) is 87.5 Å². The minimum atomic E-state index is -1.56. The van der Waals surface area contributed by atoms with Crippen LogP contribution in [-0.2, 0) is 14.3 Å². The number of carbonyl (C=O) groups is 1. The first-order valence-corrected chi connectivity index (χ1v) is 36.8. The van der Waals surface area contributed by atoms with Crippen molar-refractivity contribution in [1.82, 2.24) is 5.32 Å². The number of carbonyl (C=O) groups excluding carboxylic acids is 1. The number of ether oxygens (including phenoxy) is 2. The number of unbranched alkanes of at least 4 members (excludes halogenated alkanes) is 40. The second kappa shape index (κ2) is 65.3. The first-order valence-electron chi connectivity index (χ1n) is 36.8. The van der Waals surface area contributed by atoms with E-state index in [1.54, 1.807) is 0 Å². The highest BCUT2D eigenvalue weighted by Crippen LogP contribution is 2.24. The summed E-state index contributed by atoms with van der Waals surface area (Å²) in [5.41, 5.74) is 0. The van der Waals surface area contributed by atoms with Crippen LogP contribution >= 0.6 is 0 Å². The van der Waals surface area contributed by atoms with Crippen LogP contribution in [0, 0.1) is 0 Å². The summed E-state index contributed by atoms with van der Waals surface area (Å²) in [6, 6.07) is -0.730. The van der Waals surface area contributed by atoms with Gasteiger partial charge in [0.1, 0.15) is 24.4 Å². The fourth-order valence-corrected chi connectivity index (χ4v) is 11.6. The van der Waals surface area contributed by atoms with Gasteiger partial charge in [0.05, 0.1) is 25.4 Å². The molecule has 0 radical (unpaired) electrons. The molecule has 1 aliphatic heterocycles. The molecule has 0 aromatic carbocycles. The lowest BCUT2D eigenvalue weighted by Gasteiger charge is -2.40. The summed E-state index contributed by atoms with van der Waals surface area (Å²) < 4.78 is 11.4. The van der Waals surface area contributed by atoms with Gasteiger partial charge in [0.25, 0.3) is 0 Å². The average Bonchev–Trinajstić information content (AvgIpc) is 3.59. The summed E-state index contributed by atoms with van der Waals surface area (Å²) in [6.45, 7) is 3.76. The number of amides is 1. The second-order valence-corrected chi connectivity index (χ2v) is 25.4. The van der Waals surface area contributed by atoms with Crippen LogP contribution in [0.4, 0.5) is 0 Å². The van der Waals surface area contributed by atoms with Crippen molar-refractivity contribution in [2.45, 2.75) is 384 Å². The maximum Gasteiger partial charge on any atom is 0.220 e. The Hall–Kier alpha value is -2.63. The number of hydrogen-bond acceptors (Lipinski definition) is 8. The Kier molecular flexibility index (Phi) is 61.8. The third-order valence-electron chi connectivity index (χ3n) is 17.3. The highest BCUT2D eigenvalue weighted by molar-refractivity contribution is 5.76. The number of allylic oxidation sites excluding steroid dienone is 14. The van der Waals surface area contributed by atoms with E-state index in [2.05, 4.69) is 104 Å². The number of hydrogen-bond donors (Lipinski definition) is 6. The van der Waals surface area contributed by atoms with Crippen molar-refractivity contribution >= 4 is 5.91 Å². The molecule has 1 saturated heterocycles. The molecular formula is C77H139NO8. The van der Waals surface area contributed by atoms with Gasteiger partial charge in [-0.3, -0.25) is 4.79 Å². The molecule has 1 aliphatic rings. The maximum atomic E-state index is 13.2. The molecule has 0 aromatic heterocycles. The molecule has 0 saturated carbocycles. The van der Waals surface area contributed by atoms with Crippen molar-refractivity contribution in [3.8, 4) is 0 Å². The minimum Gasteiger partial charge on any atom is -0.394 e. The molecule has 1 heterocycles. The Labute approximate surface area is 531 Å². The lowest BCUT2D eigenvalue weighted by molar-refractivity contribution is -0.302. The van der Waals surface area contributed by atoms with Crippen molar-refractivity contribution < 1.29 is 39.8 Å². The molecule has 1 amide bonds. The summed E-state index contributed by atoms with van der Waals surface area (Å²) in [6.07, 6.45) is 86.6. The van der Waals surface area contributed by atoms with Gasteiger partial charge in [-0.2, -0.15) is 0 Å². The first kappa shape index (κ1) is 81.4. The van der Waals surface area contributed by atoms with Crippen LogP contribution < -0.4 is 5.32 Å². The molecule has 0 spiro atoms. The van der Waals surface area contributed by atoms with Crippen molar-refractivity contribution in [2.75, 3.05) is 13.2 Å². The molecule has 1 rings (SSSR count). The molecule has 0 bridgehead atoms. The maximum absolute atomic E-state index is 13.2. The Balaban J connectivity index is 2.12. The van der Waals surface area contributed by atoms with Crippen LogP contribution in [0.2, 0.25) is 0 Å². The normalized spacial score (nSPS) is 18.5. The highest BCUT2D eigenvalue weighted by atomic mass is 16.7. The standard InChI is InChI=1S/C77H139NO8/c1-3-5-7-9-11-13-15-17-19-21-23-25-27-29-31-33-35-37-38-40-42-44-46-48-50-52-54-56-58-60-62-64-66-71(80)70(69-85-77-76(84)75(83)74(82)72(68-79)86-77)78-73(81)67-65-63-61-59-57-55-53-51-49-47-45-43-41-39-36-34-32-30-28-26-24-22-20-18-16-14-12-10-8-6-4-2/h6,8,12,14,18,20,24,26,30,32,36,39,43,45,70-72,74-77,79-80,82-84H,3-5,7,9-11,13,15-17,19,21-23,25,27-29,31,33-35,37-38,40-42,44,46-69H2,1-2H3,(H,78,81)/b8-6-,14-12-,20-18-,26-24-,32-30-,39-36-,45-43-. The number of nitrogens with one attached hydrogen (secondary N) is 1. The number of aliphatic hydroxyl groups is 5. The molecule has 7 atom stereocenters. The van der Waals surface area contributed by atoms with Crippen LogP contribution in [0.1, 0.15) is 341 Å². The topological polar surface area (TPSA) is 149 Å². The van der Waals surface area contributed by atoms with Crippen molar-refractivity contribution in [1.29, 1.82) is 0 Å². The summed E-state index contributed by atoms with van der Waals surface area (Å²) in [7, 11) is 0. The van der Waals surface area contributed by atoms with E-state index in [1.807, 2.05) is 0 Å². The van der Waals surface area contributed by atoms with Gasteiger partial charge in [0.15, 0.2) is 6.29 Å². The van der Waals surface area contributed by atoms with Gasteiger partial charge in [-0.05, 0) is 70.6 Å². The SMILES string of the molecule is CC/C=C\C/C=C\C/C=C\C/C=C\C/C=C\C/C=C\C/C=C\CCCCCCCCCCCC(=O)NC(COC1OC(CO)C(O)C(O)C1O)C(O)CCCCCCCCCCCCCCCCCCCCCCCCCCCCCCCCCC. The van der Waals surface area contributed by atoms with Gasteiger partial charge < -0.3 is 40.3 Å². The average molecular weight is 1210 g/mol. The molecule has 1 fully saturated rings. The van der Waals surface area contributed by atoms with Crippen LogP contribution in [0.5, 0.6) is 0 Å². The second-order valence-electron chi connectivity index (χ2n) is 25.4. The quantitative estimate of drug-likeness (QED) is 0.0261. The minimum absolute atomic E-state index is 0.143. The van der Waals surface area contributed by atoms with Gasteiger partial charge in [-0.25, -0.2) is 0 Å². The zero-order chi connectivity index (χ0) is 62.1. The molecule has 6 N–H and O–H groups in total. The predicted octanol–water partition coefficient (Wildman–Crippen LogP) is 20.5. The van der Waals surface area contributed by atoms with Crippen LogP contribution in [0.3, 0.4) is 0 Å². The van der Waals surface area contributed by atoms with Crippen molar-refractivity contribution in [3.05, 3.63) is 85.1 Å². The molecule has 9 heteroatoms. The van der Waals surface area contributed by atoms with Crippen molar-refractivity contribution in [2.24, 2.45) is 0 Å². The molecule has 500 valence electrons. The third-order valence-corrected chi connectivity index (χ3v) is 17.3. The third kappa shape index (κ3) is 53.2. The van der Waals surface area contributed by atoms with Crippen LogP contribution in [0.25, 0.3) is 0 Å². The highest BCUT2D eigenvalue weighted by Gasteiger charge is 2.44. The molecule has 7 unspecified atom stereocenters. The largest absolute Gasteiger partial charge is 0.394 e. The Bertz CT molecular complexity index is 1640. The Morgan fingerprint density at radius 2 is 0.721 bits per heavy atom. The van der Waals surface area contributed by atoms with E-state index in [-0.39, 0.29) is 12.5 Å². The zero-order valence-corrected chi connectivity index (χ0v) is 56.1. The summed E-state index contributed by atoms with van der Waals surface area (Å²) >= 11 is 0. The van der Waals surface area contributed by atoms with Crippen molar-refractivity contribution in [3.63, 3.8) is 0 Å². The summed E-state index contributed by atoms with van der Waals surface area (Å²) in [4.78, 5) is 13.2. The Morgan fingerprint density at radius 3 is 1.07 bits per heavy atom. The first-order chi connectivity index (χ1) is 42.3. The molecular weight excluding hydrogens is 1070 g/mol. The Morgan fingerprint density at radius 1 is 0.407 bits per heavy atom.